The summed E-state index contributed by atoms with van der Waals surface area (Å²) in [5.74, 6) is 0.0568. The van der Waals surface area contributed by atoms with E-state index in [1.807, 2.05) is 27.7 Å². The van der Waals surface area contributed by atoms with E-state index >= 15 is 0 Å². The van der Waals surface area contributed by atoms with Crippen LogP contribution in [0.2, 0.25) is 0 Å². The number of likely N-dealkylation sites (N-methyl/N-ethyl adjacent to an activating group) is 1. The number of hydrogen-bond acceptors (Lipinski definition) is 3. The molecule has 0 heterocycles. The fraction of sp³-hybridized carbons (Fsp3) is 0.833. The molecule has 2 atom stereocenters. The first-order chi connectivity index (χ1) is 7.40. The summed E-state index contributed by atoms with van der Waals surface area (Å²) in [6.45, 7) is 11.1. The molecule has 0 aliphatic rings. The van der Waals surface area contributed by atoms with Crippen LogP contribution >= 0.6 is 0 Å². The van der Waals surface area contributed by atoms with Crippen molar-refractivity contribution in [2.75, 3.05) is 7.05 Å². The van der Waals surface area contributed by atoms with Crippen LogP contribution in [0.5, 0.6) is 0 Å². The highest BCUT2D eigenvalue weighted by atomic mass is 16.2. The van der Waals surface area contributed by atoms with Gasteiger partial charge in [-0.3, -0.25) is 9.59 Å². The van der Waals surface area contributed by atoms with Gasteiger partial charge in [0.05, 0.1) is 12.1 Å². The second-order valence-corrected chi connectivity index (χ2v) is 3.85. The van der Waals surface area contributed by atoms with Crippen molar-refractivity contribution in [1.29, 1.82) is 0 Å². The lowest BCUT2D eigenvalue weighted by Crippen LogP contribution is -2.50. The number of hydrogen-bond donors (Lipinski definition) is 2. The Balaban J connectivity index is 0. The van der Waals surface area contributed by atoms with Gasteiger partial charge in [0.15, 0.2) is 5.78 Å². The molecule has 0 aromatic heterocycles. The standard InChI is InChI=1S/C10H20N2O2.C2H6/c1-6(2)9(11-5)10(14)12-7(3)8(4)13;1-2/h6-7,9,11H,1-5H3,(H,12,14);1-2H3/t7-,9-;/m0./s1. The molecule has 16 heavy (non-hydrogen) atoms. The van der Waals surface area contributed by atoms with Crippen LogP contribution in [0.15, 0.2) is 0 Å². The third-order valence-corrected chi connectivity index (χ3v) is 2.23. The van der Waals surface area contributed by atoms with Crippen LogP contribution in [0.25, 0.3) is 0 Å². The van der Waals surface area contributed by atoms with Gasteiger partial charge in [-0.15, -0.1) is 0 Å². The Bertz CT molecular complexity index is 215. The molecule has 1 amide bonds. The van der Waals surface area contributed by atoms with Crippen LogP contribution in [-0.4, -0.2) is 30.8 Å². The molecular formula is C12H26N2O2. The topological polar surface area (TPSA) is 58.2 Å². The van der Waals surface area contributed by atoms with Crippen LogP contribution in [0.4, 0.5) is 0 Å². The lowest BCUT2D eigenvalue weighted by Gasteiger charge is -2.21. The van der Waals surface area contributed by atoms with Gasteiger partial charge in [0.25, 0.3) is 0 Å². The number of Topliss-reactive ketones (excluding diaryl/α,β-unsaturated/α-hetero) is 1. The van der Waals surface area contributed by atoms with E-state index in [2.05, 4.69) is 10.6 Å². The van der Waals surface area contributed by atoms with E-state index in [9.17, 15) is 9.59 Å². The minimum absolute atomic E-state index is 0.0306. The first-order valence-corrected chi connectivity index (χ1v) is 5.88. The number of carbonyl (C=O) groups is 2. The fourth-order valence-electron chi connectivity index (χ4n) is 1.17. The van der Waals surface area contributed by atoms with Gasteiger partial charge in [0.2, 0.25) is 5.91 Å². The van der Waals surface area contributed by atoms with Crippen LogP contribution in [-0.2, 0) is 9.59 Å². The SMILES string of the molecule is CC.CN[C@H](C(=O)N[C@@H](C)C(C)=O)C(C)C. The van der Waals surface area contributed by atoms with Crippen molar-refractivity contribution >= 4 is 11.7 Å². The maximum atomic E-state index is 11.6. The highest BCUT2D eigenvalue weighted by Gasteiger charge is 2.22. The van der Waals surface area contributed by atoms with Crippen LogP contribution in [0, 0.1) is 5.92 Å². The molecule has 0 saturated carbocycles. The van der Waals surface area contributed by atoms with E-state index < -0.39 is 6.04 Å². The number of amides is 1. The molecular weight excluding hydrogens is 204 g/mol. The maximum absolute atomic E-state index is 11.6. The van der Waals surface area contributed by atoms with E-state index in [-0.39, 0.29) is 23.7 Å². The first kappa shape index (κ1) is 17.5. The Hall–Kier alpha value is -0.900. The van der Waals surface area contributed by atoms with Crippen molar-refractivity contribution in [3.8, 4) is 0 Å². The summed E-state index contributed by atoms with van der Waals surface area (Å²) in [6, 6.07) is -0.645. The predicted molar refractivity (Wildman–Crippen MR) is 67.3 cm³/mol. The Kier molecular flexibility index (Phi) is 10.2. The summed E-state index contributed by atoms with van der Waals surface area (Å²) >= 11 is 0. The molecule has 0 radical (unpaired) electrons. The normalized spacial score (nSPS) is 13.5. The molecule has 0 aliphatic carbocycles. The predicted octanol–water partition coefficient (Wildman–Crippen LogP) is 1.35. The highest BCUT2D eigenvalue weighted by Crippen LogP contribution is 2.01. The summed E-state index contributed by atoms with van der Waals surface area (Å²) in [4.78, 5) is 22.5. The molecule has 96 valence electrons. The molecule has 0 aromatic carbocycles. The summed E-state index contributed by atoms with van der Waals surface area (Å²) in [5.41, 5.74) is 0. The maximum Gasteiger partial charge on any atom is 0.237 e. The van der Waals surface area contributed by atoms with Gasteiger partial charge in [0.1, 0.15) is 0 Å². The third kappa shape index (κ3) is 6.56. The molecule has 2 N–H and O–H groups in total. The number of rotatable bonds is 5. The lowest BCUT2D eigenvalue weighted by molar-refractivity contribution is -0.128. The Morgan fingerprint density at radius 2 is 1.50 bits per heavy atom. The van der Waals surface area contributed by atoms with Crippen LogP contribution in [0.1, 0.15) is 41.5 Å². The number of nitrogens with one attached hydrogen (secondary N) is 2. The van der Waals surface area contributed by atoms with Gasteiger partial charge in [-0.05, 0) is 26.8 Å². The van der Waals surface area contributed by atoms with Gasteiger partial charge >= 0.3 is 0 Å². The second-order valence-electron chi connectivity index (χ2n) is 3.85. The van der Waals surface area contributed by atoms with E-state index in [0.29, 0.717) is 0 Å². The third-order valence-electron chi connectivity index (χ3n) is 2.23. The zero-order chi connectivity index (χ0) is 13.3. The zero-order valence-electron chi connectivity index (χ0n) is 11.5. The molecule has 0 spiro atoms. The van der Waals surface area contributed by atoms with Crippen LogP contribution in [0.3, 0.4) is 0 Å². The highest BCUT2D eigenvalue weighted by molar-refractivity contribution is 5.89. The molecule has 0 bridgehead atoms. The second kappa shape index (κ2) is 9.33. The minimum Gasteiger partial charge on any atom is -0.345 e. The molecule has 4 heteroatoms. The fourth-order valence-corrected chi connectivity index (χ4v) is 1.17. The van der Waals surface area contributed by atoms with Gasteiger partial charge in [-0.1, -0.05) is 27.7 Å². The average molecular weight is 230 g/mol. The molecule has 0 saturated heterocycles. The van der Waals surface area contributed by atoms with Crippen molar-refractivity contribution in [2.24, 2.45) is 5.92 Å². The van der Waals surface area contributed by atoms with Gasteiger partial charge in [-0.25, -0.2) is 0 Å². The quantitative estimate of drug-likeness (QED) is 0.749. The number of ketones is 1. The Morgan fingerprint density at radius 1 is 1.06 bits per heavy atom. The van der Waals surface area contributed by atoms with Crippen molar-refractivity contribution in [3.63, 3.8) is 0 Å². The Labute approximate surface area is 99.2 Å². The summed E-state index contributed by atoms with van der Waals surface area (Å²) in [6.07, 6.45) is 0. The molecule has 0 fully saturated rings. The number of carbonyl (C=O) groups excluding carboxylic acids is 2. The van der Waals surface area contributed by atoms with Gasteiger partial charge in [0, 0.05) is 0 Å². The van der Waals surface area contributed by atoms with Crippen molar-refractivity contribution in [3.05, 3.63) is 0 Å². The van der Waals surface area contributed by atoms with Crippen LogP contribution < -0.4 is 10.6 Å². The summed E-state index contributed by atoms with van der Waals surface area (Å²) < 4.78 is 0. The molecule has 0 aromatic rings. The van der Waals surface area contributed by atoms with Gasteiger partial charge in [-0.2, -0.15) is 0 Å². The molecule has 0 aliphatic heterocycles. The van der Waals surface area contributed by atoms with E-state index in [1.54, 1.807) is 14.0 Å². The van der Waals surface area contributed by atoms with E-state index in [1.165, 1.54) is 6.92 Å². The largest absolute Gasteiger partial charge is 0.345 e. The molecule has 4 nitrogen and oxygen atoms in total. The molecule has 0 unspecified atom stereocenters. The van der Waals surface area contributed by atoms with Gasteiger partial charge < -0.3 is 10.6 Å². The summed E-state index contributed by atoms with van der Waals surface area (Å²) in [5, 5.41) is 5.58. The smallest absolute Gasteiger partial charge is 0.237 e. The van der Waals surface area contributed by atoms with Crippen molar-refractivity contribution in [2.45, 2.75) is 53.6 Å². The zero-order valence-corrected chi connectivity index (χ0v) is 11.5. The van der Waals surface area contributed by atoms with E-state index in [0.717, 1.165) is 0 Å². The van der Waals surface area contributed by atoms with Crippen molar-refractivity contribution in [1.82, 2.24) is 10.6 Å². The molecule has 0 rings (SSSR count). The monoisotopic (exact) mass is 230 g/mol. The Morgan fingerprint density at radius 3 is 1.75 bits per heavy atom. The first-order valence-electron chi connectivity index (χ1n) is 5.88. The van der Waals surface area contributed by atoms with Crippen molar-refractivity contribution < 1.29 is 9.59 Å². The minimum atomic E-state index is -0.405. The average Bonchev–Trinajstić information content (AvgIpc) is 2.20. The summed E-state index contributed by atoms with van der Waals surface area (Å²) in [7, 11) is 1.74. The van der Waals surface area contributed by atoms with E-state index in [4.69, 9.17) is 0 Å². The lowest BCUT2D eigenvalue weighted by atomic mass is 10.0.